The first kappa shape index (κ1) is 19.7. The van der Waals surface area contributed by atoms with E-state index in [2.05, 4.69) is 72.3 Å². The van der Waals surface area contributed by atoms with E-state index in [-0.39, 0.29) is 11.3 Å². The topological polar surface area (TPSA) is 72.7 Å². The number of rotatable bonds is 6. The molecule has 0 fully saturated rings. The summed E-state index contributed by atoms with van der Waals surface area (Å²) in [5, 5.41) is 7.59. The number of carbonyl (C=O) groups excluding carboxylic acids is 1. The van der Waals surface area contributed by atoms with Gasteiger partial charge < -0.3 is 5.32 Å². The highest BCUT2D eigenvalue weighted by Crippen LogP contribution is 2.25. The minimum atomic E-state index is -0.152. The quantitative estimate of drug-likeness (QED) is 0.702. The lowest BCUT2D eigenvalue weighted by atomic mass is 9.92. The minimum Gasteiger partial charge on any atom is -0.310 e. The van der Waals surface area contributed by atoms with Crippen LogP contribution in [0.15, 0.2) is 48.8 Å². The lowest BCUT2D eigenvalue weighted by molar-refractivity contribution is -0.116. The third-order valence-corrected chi connectivity index (χ3v) is 4.56. The second-order valence-electron chi connectivity index (χ2n) is 7.84. The van der Waals surface area contributed by atoms with Crippen LogP contribution in [0.4, 0.5) is 5.82 Å². The van der Waals surface area contributed by atoms with Crippen molar-refractivity contribution in [1.29, 1.82) is 0 Å². The first-order valence-electron chi connectivity index (χ1n) is 9.62. The van der Waals surface area contributed by atoms with E-state index in [0.29, 0.717) is 24.6 Å². The van der Waals surface area contributed by atoms with Gasteiger partial charge in [-0.05, 0) is 30.0 Å². The van der Waals surface area contributed by atoms with Gasteiger partial charge in [0, 0.05) is 30.3 Å². The van der Waals surface area contributed by atoms with E-state index < -0.39 is 0 Å². The van der Waals surface area contributed by atoms with Gasteiger partial charge in [-0.2, -0.15) is 9.78 Å². The summed E-state index contributed by atoms with van der Waals surface area (Å²) < 4.78 is 1.59. The van der Waals surface area contributed by atoms with Crippen molar-refractivity contribution in [2.75, 3.05) is 5.32 Å². The van der Waals surface area contributed by atoms with E-state index >= 15 is 0 Å². The molecule has 0 unspecified atom stereocenters. The van der Waals surface area contributed by atoms with E-state index in [1.54, 1.807) is 23.1 Å². The van der Waals surface area contributed by atoms with Crippen molar-refractivity contribution in [3.63, 3.8) is 0 Å². The highest BCUT2D eigenvalue weighted by atomic mass is 16.1. The maximum atomic E-state index is 12.6. The molecule has 0 atom stereocenters. The molecule has 2 aromatic heterocycles. The fourth-order valence-electron chi connectivity index (χ4n) is 2.79. The fourth-order valence-corrected chi connectivity index (χ4v) is 2.79. The maximum Gasteiger partial charge on any atom is 0.252 e. The van der Waals surface area contributed by atoms with Gasteiger partial charge >= 0.3 is 0 Å². The molecule has 6 nitrogen and oxygen atoms in total. The standard InChI is InChI=1S/C22H27N5O/c1-5-16-7-9-17(10-8-16)11-12-20(28)25-19-15-18(22(2,3)4)26-27(19)21-23-13-6-14-24-21/h6-10,13-15H,5,11-12H2,1-4H3,(H,25,28). The smallest absolute Gasteiger partial charge is 0.252 e. The molecule has 0 aliphatic heterocycles. The first-order chi connectivity index (χ1) is 13.4. The molecule has 0 spiro atoms. The summed E-state index contributed by atoms with van der Waals surface area (Å²) in [4.78, 5) is 21.1. The van der Waals surface area contributed by atoms with Gasteiger partial charge in [-0.25, -0.2) is 9.97 Å². The number of hydrogen-bond donors (Lipinski definition) is 1. The van der Waals surface area contributed by atoms with Crippen molar-refractivity contribution in [3.8, 4) is 5.95 Å². The third kappa shape index (κ3) is 4.82. The molecule has 1 aromatic carbocycles. The third-order valence-electron chi connectivity index (χ3n) is 4.56. The van der Waals surface area contributed by atoms with Crippen molar-refractivity contribution < 1.29 is 4.79 Å². The number of carbonyl (C=O) groups is 1. The van der Waals surface area contributed by atoms with Crippen LogP contribution < -0.4 is 5.32 Å². The van der Waals surface area contributed by atoms with Gasteiger partial charge in [0.2, 0.25) is 5.91 Å². The normalized spacial score (nSPS) is 11.4. The summed E-state index contributed by atoms with van der Waals surface area (Å²) >= 11 is 0. The molecule has 28 heavy (non-hydrogen) atoms. The van der Waals surface area contributed by atoms with Gasteiger partial charge in [-0.15, -0.1) is 0 Å². The van der Waals surface area contributed by atoms with Crippen molar-refractivity contribution in [3.05, 3.63) is 65.6 Å². The molecular formula is C22H27N5O. The molecule has 3 rings (SSSR count). The Balaban J connectivity index is 1.74. The molecule has 0 bridgehead atoms. The van der Waals surface area contributed by atoms with Gasteiger partial charge in [-0.3, -0.25) is 4.79 Å². The molecule has 1 amide bonds. The molecule has 1 N–H and O–H groups in total. The van der Waals surface area contributed by atoms with Crippen LogP contribution in [-0.4, -0.2) is 25.7 Å². The number of aromatic nitrogens is 4. The number of nitrogens with one attached hydrogen (secondary N) is 1. The average Bonchev–Trinajstić information content (AvgIpc) is 3.11. The van der Waals surface area contributed by atoms with Crippen LogP contribution in [0, 0.1) is 0 Å². The highest BCUT2D eigenvalue weighted by Gasteiger charge is 2.22. The van der Waals surface area contributed by atoms with Gasteiger partial charge in [0.25, 0.3) is 5.95 Å². The summed E-state index contributed by atoms with van der Waals surface area (Å²) in [5.74, 6) is 0.961. The Morgan fingerprint density at radius 1 is 1.07 bits per heavy atom. The summed E-state index contributed by atoms with van der Waals surface area (Å²) in [5.41, 5.74) is 3.17. The molecule has 2 heterocycles. The zero-order valence-corrected chi connectivity index (χ0v) is 16.9. The second kappa shape index (κ2) is 8.33. The molecular weight excluding hydrogens is 350 g/mol. The van der Waals surface area contributed by atoms with Crippen LogP contribution in [0.25, 0.3) is 5.95 Å². The fraction of sp³-hybridized carbons (Fsp3) is 0.364. The van der Waals surface area contributed by atoms with Crippen LogP contribution in [0.2, 0.25) is 0 Å². The number of benzene rings is 1. The van der Waals surface area contributed by atoms with E-state index in [4.69, 9.17) is 0 Å². The Kier molecular flexibility index (Phi) is 5.87. The van der Waals surface area contributed by atoms with Crippen LogP contribution in [0.3, 0.4) is 0 Å². The van der Waals surface area contributed by atoms with Crippen molar-refractivity contribution in [1.82, 2.24) is 19.7 Å². The minimum absolute atomic E-state index is 0.0582. The van der Waals surface area contributed by atoms with Crippen LogP contribution in [0.5, 0.6) is 0 Å². The monoisotopic (exact) mass is 377 g/mol. The van der Waals surface area contributed by atoms with Crippen molar-refractivity contribution >= 4 is 11.7 Å². The maximum absolute atomic E-state index is 12.6. The summed E-state index contributed by atoms with van der Waals surface area (Å²) in [6.07, 6.45) is 5.43. The molecule has 0 aliphatic rings. The van der Waals surface area contributed by atoms with Crippen molar-refractivity contribution in [2.24, 2.45) is 0 Å². The second-order valence-corrected chi connectivity index (χ2v) is 7.84. The Labute approximate surface area is 166 Å². The summed E-state index contributed by atoms with van der Waals surface area (Å²) in [6.45, 7) is 8.37. The average molecular weight is 377 g/mol. The molecule has 146 valence electrons. The Morgan fingerprint density at radius 3 is 2.32 bits per heavy atom. The van der Waals surface area contributed by atoms with Crippen LogP contribution in [-0.2, 0) is 23.1 Å². The number of anilines is 1. The number of nitrogens with zero attached hydrogens (tertiary/aromatic N) is 4. The lowest BCUT2D eigenvalue weighted by Crippen LogP contribution is -2.16. The van der Waals surface area contributed by atoms with E-state index in [9.17, 15) is 4.79 Å². The van der Waals surface area contributed by atoms with E-state index in [1.807, 2.05) is 6.07 Å². The van der Waals surface area contributed by atoms with E-state index in [0.717, 1.165) is 17.7 Å². The molecule has 0 saturated carbocycles. The molecule has 6 heteroatoms. The van der Waals surface area contributed by atoms with Gasteiger partial charge in [0.1, 0.15) is 5.82 Å². The molecule has 0 saturated heterocycles. The lowest BCUT2D eigenvalue weighted by Gasteiger charge is -2.13. The van der Waals surface area contributed by atoms with Crippen molar-refractivity contribution in [2.45, 2.75) is 52.4 Å². The Hall–Kier alpha value is -3.02. The Bertz CT molecular complexity index is 924. The summed E-state index contributed by atoms with van der Waals surface area (Å²) in [6, 6.07) is 12.1. The van der Waals surface area contributed by atoms with Crippen LogP contribution >= 0.6 is 0 Å². The predicted molar refractivity (Wildman–Crippen MR) is 111 cm³/mol. The molecule has 3 aromatic rings. The van der Waals surface area contributed by atoms with Gasteiger partial charge in [0.05, 0.1) is 5.69 Å². The summed E-state index contributed by atoms with van der Waals surface area (Å²) in [7, 11) is 0. The number of aryl methyl sites for hydroxylation is 2. The molecule has 0 aliphatic carbocycles. The SMILES string of the molecule is CCc1ccc(CCC(=O)Nc2cc(C(C)(C)C)nn2-c2ncccn2)cc1. The largest absolute Gasteiger partial charge is 0.310 e. The number of amides is 1. The zero-order chi connectivity index (χ0) is 20.1. The zero-order valence-electron chi connectivity index (χ0n) is 16.9. The van der Waals surface area contributed by atoms with E-state index in [1.165, 1.54) is 5.56 Å². The van der Waals surface area contributed by atoms with Gasteiger partial charge in [-0.1, -0.05) is 52.0 Å². The highest BCUT2D eigenvalue weighted by molar-refractivity contribution is 5.90. The molecule has 0 radical (unpaired) electrons. The first-order valence-corrected chi connectivity index (χ1v) is 9.62. The van der Waals surface area contributed by atoms with Gasteiger partial charge in [0.15, 0.2) is 0 Å². The predicted octanol–water partition coefficient (Wildman–Crippen LogP) is 4.09. The Morgan fingerprint density at radius 2 is 1.71 bits per heavy atom. The van der Waals surface area contributed by atoms with Crippen LogP contribution in [0.1, 0.15) is 50.9 Å². The number of hydrogen-bond acceptors (Lipinski definition) is 4.